The minimum atomic E-state index is 0.236. The van der Waals surface area contributed by atoms with Crippen molar-refractivity contribution in [1.82, 2.24) is 24.6 Å². The largest absolute Gasteiger partial charge is 0.352 e. The maximum atomic E-state index is 12.4. The van der Waals surface area contributed by atoms with Crippen molar-refractivity contribution < 1.29 is 4.79 Å². The highest BCUT2D eigenvalue weighted by atomic mass is 32.1. The molecular weight excluding hydrogens is 336 g/mol. The van der Waals surface area contributed by atoms with Crippen molar-refractivity contribution in [3.63, 3.8) is 0 Å². The summed E-state index contributed by atoms with van der Waals surface area (Å²) >= 11 is 1.68. The van der Waals surface area contributed by atoms with E-state index >= 15 is 0 Å². The van der Waals surface area contributed by atoms with Crippen LogP contribution in [0, 0.1) is 0 Å². The maximum absolute atomic E-state index is 12.4. The lowest BCUT2D eigenvalue weighted by atomic mass is 10.1. The van der Waals surface area contributed by atoms with Gasteiger partial charge in [0, 0.05) is 39.6 Å². The van der Waals surface area contributed by atoms with Crippen LogP contribution in [0.3, 0.4) is 0 Å². The summed E-state index contributed by atoms with van der Waals surface area (Å²) in [6, 6.07) is 2.09. The van der Waals surface area contributed by atoms with Crippen molar-refractivity contribution in [3.05, 3.63) is 34.9 Å². The highest BCUT2D eigenvalue weighted by Crippen LogP contribution is 2.23. The van der Waals surface area contributed by atoms with E-state index in [4.69, 9.17) is 0 Å². The number of piperazine rings is 1. The molecule has 1 aliphatic heterocycles. The van der Waals surface area contributed by atoms with E-state index in [1.807, 2.05) is 18.1 Å². The van der Waals surface area contributed by atoms with E-state index in [1.165, 1.54) is 5.56 Å². The number of hydrogen-bond donors (Lipinski definition) is 0. The van der Waals surface area contributed by atoms with Gasteiger partial charge < -0.3 is 9.80 Å². The fraction of sp³-hybridized carbons (Fsp3) is 0.412. The number of thiophene rings is 1. The minimum Gasteiger partial charge on any atom is -0.352 e. The molecule has 3 aromatic heterocycles. The highest BCUT2D eigenvalue weighted by molar-refractivity contribution is 7.07. The first-order chi connectivity index (χ1) is 12.2. The van der Waals surface area contributed by atoms with E-state index in [-0.39, 0.29) is 5.91 Å². The number of carbonyl (C=O) groups is 1. The molecule has 1 amide bonds. The summed E-state index contributed by atoms with van der Waals surface area (Å²) in [4.78, 5) is 25.3. The second kappa shape index (κ2) is 6.79. The van der Waals surface area contributed by atoms with Gasteiger partial charge in [-0.25, -0.2) is 9.97 Å². The number of hydrogen-bond acceptors (Lipinski definition) is 6. The molecule has 8 heteroatoms. The van der Waals surface area contributed by atoms with Gasteiger partial charge in [-0.15, -0.1) is 0 Å². The van der Waals surface area contributed by atoms with Gasteiger partial charge in [0.15, 0.2) is 5.65 Å². The molecule has 1 saturated heterocycles. The predicted octanol–water partition coefficient (Wildman–Crippen LogP) is 1.71. The minimum absolute atomic E-state index is 0.236. The molecule has 0 aliphatic carbocycles. The second-order valence-electron chi connectivity index (χ2n) is 6.20. The van der Waals surface area contributed by atoms with E-state index in [1.54, 1.807) is 22.3 Å². The molecule has 0 atom stereocenters. The first-order valence-electron chi connectivity index (χ1n) is 8.39. The Balaban J connectivity index is 1.38. The first-order valence-corrected chi connectivity index (χ1v) is 9.33. The molecule has 0 spiro atoms. The molecule has 4 heterocycles. The van der Waals surface area contributed by atoms with Crippen molar-refractivity contribution in [3.8, 4) is 0 Å². The van der Waals surface area contributed by atoms with E-state index in [0.29, 0.717) is 6.42 Å². The van der Waals surface area contributed by atoms with Gasteiger partial charge in [-0.3, -0.25) is 9.48 Å². The Labute approximate surface area is 149 Å². The lowest BCUT2D eigenvalue weighted by Crippen LogP contribution is -2.49. The Morgan fingerprint density at radius 3 is 2.84 bits per heavy atom. The monoisotopic (exact) mass is 356 g/mol. The summed E-state index contributed by atoms with van der Waals surface area (Å²) in [7, 11) is 1.88. The van der Waals surface area contributed by atoms with Gasteiger partial charge in [0.25, 0.3) is 0 Å². The van der Waals surface area contributed by atoms with Crippen LogP contribution in [0.25, 0.3) is 11.0 Å². The molecular formula is C17H20N6OS. The van der Waals surface area contributed by atoms with Crippen molar-refractivity contribution in [2.24, 2.45) is 7.05 Å². The van der Waals surface area contributed by atoms with Crippen LogP contribution in [0.2, 0.25) is 0 Å². The Kier molecular flexibility index (Phi) is 4.35. The summed E-state index contributed by atoms with van der Waals surface area (Å²) in [5.41, 5.74) is 2.08. The van der Waals surface area contributed by atoms with Gasteiger partial charge in [0.05, 0.1) is 11.6 Å². The number of fused-ring (bicyclic) bond motifs is 1. The number of anilines is 1. The summed E-state index contributed by atoms with van der Waals surface area (Å²) in [5.74, 6) is 1.14. The number of aryl methyl sites for hydroxylation is 2. The van der Waals surface area contributed by atoms with E-state index in [2.05, 4.69) is 36.8 Å². The molecule has 0 unspecified atom stereocenters. The third-order valence-electron chi connectivity index (χ3n) is 4.65. The molecule has 7 nitrogen and oxygen atoms in total. The summed E-state index contributed by atoms with van der Waals surface area (Å²) in [6.45, 7) is 3.03. The zero-order valence-corrected chi connectivity index (χ0v) is 14.9. The zero-order valence-electron chi connectivity index (χ0n) is 14.1. The Hall–Kier alpha value is -2.48. The summed E-state index contributed by atoms with van der Waals surface area (Å²) in [6.07, 6.45) is 4.79. The SMILES string of the molecule is Cn1ncc2c(N3CCN(C(=O)CCc4ccsc4)CC3)ncnc21. The fourth-order valence-corrected chi connectivity index (χ4v) is 3.92. The lowest BCUT2D eigenvalue weighted by molar-refractivity contribution is -0.131. The quantitative estimate of drug-likeness (QED) is 0.712. The van der Waals surface area contributed by atoms with Gasteiger partial charge >= 0.3 is 0 Å². The topological polar surface area (TPSA) is 67.2 Å². The maximum Gasteiger partial charge on any atom is 0.223 e. The number of amides is 1. The smallest absolute Gasteiger partial charge is 0.223 e. The Bertz CT molecular complexity index is 867. The Morgan fingerprint density at radius 1 is 1.24 bits per heavy atom. The van der Waals surface area contributed by atoms with Crippen molar-refractivity contribution in [2.45, 2.75) is 12.8 Å². The van der Waals surface area contributed by atoms with Gasteiger partial charge in [-0.05, 0) is 28.8 Å². The van der Waals surface area contributed by atoms with E-state index < -0.39 is 0 Å². The number of aromatic nitrogens is 4. The summed E-state index contributed by atoms with van der Waals surface area (Å²) < 4.78 is 1.75. The predicted molar refractivity (Wildman–Crippen MR) is 97.7 cm³/mol. The normalized spacial score (nSPS) is 15.1. The van der Waals surface area contributed by atoms with Crippen molar-refractivity contribution >= 4 is 34.1 Å². The molecule has 0 bridgehead atoms. The van der Waals surface area contributed by atoms with E-state index in [0.717, 1.165) is 49.5 Å². The molecule has 130 valence electrons. The van der Waals surface area contributed by atoms with Gasteiger partial charge in [0.1, 0.15) is 12.1 Å². The van der Waals surface area contributed by atoms with Gasteiger partial charge in [0.2, 0.25) is 5.91 Å². The average molecular weight is 356 g/mol. The second-order valence-corrected chi connectivity index (χ2v) is 6.98. The first kappa shape index (κ1) is 16.0. The molecule has 1 aliphatic rings. The van der Waals surface area contributed by atoms with Crippen molar-refractivity contribution in [1.29, 1.82) is 0 Å². The molecule has 3 aromatic rings. The van der Waals surface area contributed by atoms with Crippen LogP contribution in [0.4, 0.5) is 5.82 Å². The van der Waals surface area contributed by atoms with Crippen LogP contribution < -0.4 is 4.90 Å². The lowest BCUT2D eigenvalue weighted by Gasteiger charge is -2.35. The standard InChI is InChI=1S/C17H20N6OS/c1-21-16-14(10-20-21)17(19-12-18-16)23-7-5-22(6-8-23)15(24)3-2-13-4-9-25-11-13/h4,9-12H,2-3,5-8H2,1H3. The molecule has 4 rings (SSSR count). The fourth-order valence-electron chi connectivity index (χ4n) is 3.21. The molecule has 0 radical (unpaired) electrons. The molecule has 0 N–H and O–H groups in total. The summed E-state index contributed by atoms with van der Waals surface area (Å²) in [5, 5.41) is 9.39. The number of nitrogens with zero attached hydrogens (tertiary/aromatic N) is 6. The van der Waals surface area contributed by atoms with Crippen LogP contribution >= 0.6 is 11.3 Å². The number of carbonyl (C=O) groups excluding carboxylic acids is 1. The molecule has 1 fully saturated rings. The number of rotatable bonds is 4. The molecule has 0 saturated carbocycles. The van der Waals surface area contributed by atoms with Gasteiger partial charge in [-0.1, -0.05) is 0 Å². The average Bonchev–Trinajstić information content (AvgIpc) is 3.30. The molecule has 0 aromatic carbocycles. The van der Waals surface area contributed by atoms with Crippen LogP contribution in [0.15, 0.2) is 29.4 Å². The van der Waals surface area contributed by atoms with Crippen LogP contribution in [-0.2, 0) is 18.3 Å². The molecule has 25 heavy (non-hydrogen) atoms. The highest BCUT2D eigenvalue weighted by Gasteiger charge is 2.23. The van der Waals surface area contributed by atoms with Crippen LogP contribution in [0.1, 0.15) is 12.0 Å². The van der Waals surface area contributed by atoms with Crippen molar-refractivity contribution in [2.75, 3.05) is 31.1 Å². The third-order valence-corrected chi connectivity index (χ3v) is 5.38. The van der Waals surface area contributed by atoms with Crippen LogP contribution in [0.5, 0.6) is 0 Å². The van der Waals surface area contributed by atoms with Gasteiger partial charge in [-0.2, -0.15) is 16.4 Å². The third kappa shape index (κ3) is 3.21. The zero-order chi connectivity index (χ0) is 17.2. The van der Waals surface area contributed by atoms with E-state index in [9.17, 15) is 4.79 Å². The van der Waals surface area contributed by atoms with Crippen LogP contribution in [-0.4, -0.2) is 56.7 Å². The Morgan fingerprint density at radius 2 is 2.08 bits per heavy atom.